The zero-order valence-electron chi connectivity index (χ0n) is 6.37. The van der Waals surface area contributed by atoms with Crippen molar-refractivity contribution in [3.8, 4) is 0 Å². The number of benzene rings is 1. The van der Waals surface area contributed by atoms with Crippen LogP contribution < -0.4 is 5.73 Å². The minimum Gasteiger partial charge on any atom is -0.398 e. The topological polar surface area (TPSA) is 69.2 Å². The van der Waals surface area contributed by atoms with Crippen molar-refractivity contribution < 1.29 is 9.31 Å². The van der Waals surface area contributed by atoms with Crippen LogP contribution in [0.15, 0.2) is 12.1 Å². The maximum Gasteiger partial charge on any atom is 0.306 e. The molecule has 0 saturated heterocycles. The van der Waals surface area contributed by atoms with Gasteiger partial charge in [-0.2, -0.15) is 4.39 Å². The van der Waals surface area contributed by atoms with Crippen molar-refractivity contribution in [1.29, 1.82) is 0 Å². The Labute approximate surface area is 68.0 Å². The van der Waals surface area contributed by atoms with E-state index in [9.17, 15) is 14.5 Å². The third kappa shape index (κ3) is 1.34. The van der Waals surface area contributed by atoms with Crippen LogP contribution in [0.3, 0.4) is 0 Å². The first-order chi connectivity index (χ1) is 5.52. The molecule has 0 fully saturated rings. The number of nitro groups is 1. The zero-order chi connectivity index (χ0) is 9.30. The van der Waals surface area contributed by atoms with Crippen molar-refractivity contribution in [2.24, 2.45) is 0 Å². The number of hydrogen-bond donors (Lipinski definition) is 1. The Morgan fingerprint density at radius 1 is 1.58 bits per heavy atom. The molecule has 0 aliphatic carbocycles. The lowest BCUT2D eigenvalue weighted by atomic mass is 10.2. The largest absolute Gasteiger partial charge is 0.398 e. The second kappa shape index (κ2) is 2.77. The van der Waals surface area contributed by atoms with Crippen LogP contribution in [0.5, 0.6) is 0 Å². The first-order valence-corrected chi connectivity index (χ1v) is 3.22. The molecule has 0 aliphatic heterocycles. The number of nitrogens with zero attached hydrogens (tertiary/aromatic N) is 1. The summed E-state index contributed by atoms with van der Waals surface area (Å²) >= 11 is 0. The number of nitrogen functional groups attached to an aromatic ring is 1. The predicted octanol–water partition coefficient (Wildman–Crippen LogP) is 1.62. The molecular weight excluding hydrogens is 163 g/mol. The van der Waals surface area contributed by atoms with E-state index in [1.165, 1.54) is 0 Å². The van der Waals surface area contributed by atoms with Gasteiger partial charge in [0.1, 0.15) is 0 Å². The van der Waals surface area contributed by atoms with Gasteiger partial charge >= 0.3 is 5.69 Å². The number of aryl methyl sites for hydroxylation is 1. The molecule has 0 amide bonds. The number of anilines is 1. The van der Waals surface area contributed by atoms with Crippen LogP contribution in [-0.4, -0.2) is 4.92 Å². The number of hydrogen-bond acceptors (Lipinski definition) is 3. The normalized spacial score (nSPS) is 9.83. The predicted molar refractivity (Wildman–Crippen MR) is 42.2 cm³/mol. The van der Waals surface area contributed by atoms with Gasteiger partial charge in [-0.15, -0.1) is 0 Å². The smallest absolute Gasteiger partial charge is 0.306 e. The van der Waals surface area contributed by atoms with E-state index in [-0.39, 0.29) is 5.69 Å². The van der Waals surface area contributed by atoms with Gasteiger partial charge < -0.3 is 5.73 Å². The lowest BCUT2D eigenvalue weighted by Crippen LogP contribution is -1.97. The molecular formula is C7H7FN2O2. The minimum atomic E-state index is -0.855. The Hall–Kier alpha value is -1.65. The summed E-state index contributed by atoms with van der Waals surface area (Å²) in [5.74, 6) is -0.855. The molecule has 1 aromatic carbocycles. The molecule has 2 N–H and O–H groups in total. The van der Waals surface area contributed by atoms with Gasteiger partial charge in [0, 0.05) is 11.8 Å². The van der Waals surface area contributed by atoms with E-state index in [4.69, 9.17) is 5.73 Å². The van der Waals surface area contributed by atoms with E-state index in [1.807, 2.05) is 0 Å². The van der Waals surface area contributed by atoms with Crippen molar-refractivity contribution >= 4 is 11.4 Å². The summed E-state index contributed by atoms with van der Waals surface area (Å²) in [6.45, 7) is 1.59. The SMILES string of the molecule is Cc1cc(F)c([N+](=O)[O-])cc1N. The highest BCUT2D eigenvalue weighted by Gasteiger charge is 2.14. The molecule has 0 unspecified atom stereocenters. The third-order valence-corrected chi connectivity index (χ3v) is 1.53. The van der Waals surface area contributed by atoms with E-state index < -0.39 is 16.4 Å². The summed E-state index contributed by atoms with van der Waals surface area (Å²) in [5.41, 5.74) is 5.49. The van der Waals surface area contributed by atoms with Crippen LogP contribution in [0.1, 0.15) is 5.56 Å². The summed E-state index contributed by atoms with van der Waals surface area (Å²) < 4.78 is 12.8. The first-order valence-electron chi connectivity index (χ1n) is 3.22. The highest BCUT2D eigenvalue weighted by atomic mass is 19.1. The van der Waals surface area contributed by atoms with Gasteiger partial charge in [0.2, 0.25) is 5.82 Å². The van der Waals surface area contributed by atoms with Crippen LogP contribution in [0.25, 0.3) is 0 Å². The molecule has 1 aromatic rings. The molecule has 5 heteroatoms. The summed E-state index contributed by atoms with van der Waals surface area (Å²) in [4.78, 5) is 9.39. The van der Waals surface area contributed by atoms with Crippen LogP contribution in [0.2, 0.25) is 0 Å². The molecule has 4 nitrogen and oxygen atoms in total. The maximum absolute atomic E-state index is 12.8. The van der Waals surface area contributed by atoms with Crippen molar-refractivity contribution in [2.75, 3.05) is 5.73 Å². The minimum absolute atomic E-state index is 0.225. The number of rotatable bonds is 1. The van der Waals surface area contributed by atoms with Crippen LogP contribution >= 0.6 is 0 Å². The summed E-state index contributed by atoms with van der Waals surface area (Å²) in [6, 6.07) is 2.07. The molecule has 0 spiro atoms. The molecule has 0 aliphatic rings. The van der Waals surface area contributed by atoms with Crippen molar-refractivity contribution in [3.63, 3.8) is 0 Å². The molecule has 64 valence electrons. The average Bonchev–Trinajstić information content (AvgIpc) is 1.96. The van der Waals surface area contributed by atoms with Crippen molar-refractivity contribution in [1.82, 2.24) is 0 Å². The molecule has 0 atom stereocenters. The summed E-state index contributed by atoms with van der Waals surface area (Å²) in [6.07, 6.45) is 0. The fourth-order valence-corrected chi connectivity index (χ4v) is 0.817. The molecule has 12 heavy (non-hydrogen) atoms. The summed E-state index contributed by atoms with van der Waals surface area (Å²) in [7, 11) is 0. The van der Waals surface area contributed by atoms with Gasteiger partial charge in [-0.25, -0.2) is 0 Å². The van der Waals surface area contributed by atoms with E-state index in [2.05, 4.69) is 0 Å². The standard InChI is InChI=1S/C7H7FN2O2/c1-4-2-5(8)7(10(11)12)3-6(4)9/h2-3H,9H2,1H3. The Bertz CT molecular complexity index is 338. The highest BCUT2D eigenvalue weighted by molar-refractivity contribution is 5.53. The van der Waals surface area contributed by atoms with Gasteiger partial charge in [-0.1, -0.05) is 0 Å². The monoisotopic (exact) mass is 170 g/mol. The lowest BCUT2D eigenvalue weighted by Gasteiger charge is -1.99. The van der Waals surface area contributed by atoms with Crippen LogP contribution in [0.4, 0.5) is 15.8 Å². The van der Waals surface area contributed by atoms with Crippen LogP contribution in [0, 0.1) is 22.9 Å². The maximum atomic E-state index is 12.8. The summed E-state index contributed by atoms with van der Waals surface area (Å²) in [5, 5.41) is 10.2. The average molecular weight is 170 g/mol. The second-order valence-electron chi connectivity index (χ2n) is 2.42. The van der Waals surface area contributed by atoms with Gasteiger partial charge in [0.15, 0.2) is 0 Å². The number of halogens is 1. The molecule has 0 radical (unpaired) electrons. The number of nitrogens with two attached hydrogens (primary N) is 1. The van der Waals surface area contributed by atoms with E-state index in [1.54, 1.807) is 6.92 Å². The Kier molecular flexibility index (Phi) is 1.95. The quantitative estimate of drug-likeness (QED) is 0.395. The molecule has 1 rings (SSSR count). The van der Waals surface area contributed by atoms with Gasteiger partial charge in [0.05, 0.1) is 4.92 Å². The fraction of sp³-hybridized carbons (Fsp3) is 0.143. The Morgan fingerprint density at radius 2 is 2.17 bits per heavy atom. The third-order valence-electron chi connectivity index (χ3n) is 1.53. The van der Waals surface area contributed by atoms with Crippen LogP contribution in [-0.2, 0) is 0 Å². The van der Waals surface area contributed by atoms with Gasteiger partial charge in [-0.05, 0) is 18.6 Å². The van der Waals surface area contributed by atoms with E-state index in [0.717, 1.165) is 12.1 Å². The molecule has 0 aromatic heterocycles. The van der Waals surface area contributed by atoms with Gasteiger partial charge in [-0.3, -0.25) is 10.1 Å². The molecule has 0 bridgehead atoms. The lowest BCUT2D eigenvalue weighted by molar-refractivity contribution is -0.387. The number of nitro benzene ring substituents is 1. The fourth-order valence-electron chi connectivity index (χ4n) is 0.817. The highest BCUT2D eigenvalue weighted by Crippen LogP contribution is 2.22. The second-order valence-corrected chi connectivity index (χ2v) is 2.42. The van der Waals surface area contributed by atoms with Crippen molar-refractivity contribution in [2.45, 2.75) is 6.92 Å². The first kappa shape index (κ1) is 8.45. The Morgan fingerprint density at radius 3 is 2.67 bits per heavy atom. The van der Waals surface area contributed by atoms with E-state index >= 15 is 0 Å². The van der Waals surface area contributed by atoms with Gasteiger partial charge in [0.25, 0.3) is 0 Å². The zero-order valence-corrected chi connectivity index (χ0v) is 6.37. The van der Waals surface area contributed by atoms with Crippen molar-refractivity contribution in [3.05, 3.63) is 33.6 Å². The molecule has 0 heterocycles. The molecule has 0 saturated carbocycles. The Balaban J connectivity index is 3.33. The van der Waals surface area contributed by atoms with E-state index in [0.29, 0.717) is 5.56 Å².